The van der Waals surface area contributed by atoms with Crippen LogP contribution in [0.4, 0.5) is 5.69 Å². The van der Waals surface area contributed by atoms with Crippen LogP contribution in [-0.2, 0) is 0 Å². The van der Waals surface area contributed by atoms with E-state index >= 15 is 0 Å². The Hall–Kier alpha value is -2.27. The van der Waals surface area contributed by atoms with Crippen molar-refractivity contribution in [1.29, 1.82) is 0 Å². The van der Waals surface area contributed by atoms with Crippen molar-refractivity contribution in [2.75, 3.05) is 5.32 Å². The van der Waals surface area contributed by atoms with Gasteiger partial charge in [-0.2, -0.15) is 0 Å². The molecule has 0 aliphatic heterocycles. The molecule has 0 unspecified atom stereocenters. The maximum atomic E-state index is 12.1. The molecule has 0 atom stereocenters. The molecule has 5 nitrogen and oxygen atoms in total. The van der Waals surface area contributed by atoms with Crippen molar-refractivity contribution in [3.05, 3.63) is 52.9 Å². The summed E-state index contributed by atoms with van der Waals surface area (Å²) in [7, 11) is 0. The number of rotatable bonds is 4. The Labute approximate surface area is 126 Å². The molecule has 2 amide bonds. The van der Waals surface area contributed by atoms with Crippen molar-refractivity contribution in [3.63, 3.8) is 0 Å². The maximum absolute atomic E-state index is 12.1. The first kappa shape index (κ1) is 13.7. The highest BCUT2D eigenvalue weighted by atomic mass is 35.5. The van der Waals surface area contributed by atoms with Gasteiger partial charge in [0.05, 0.1) is 11.3 Å². The third-order valence-corrected chi connectivity index (χ3v) is 3.33. The van der Waals surface area contributed by atoms with Crippen molar-refractivity contribution >= 4 is 29.1 Å². The molecule has 0 radical (unpaired) electrons. The number of amides is 2. The molecule has 6 heteroatoms. The van der Waals surface area contributed by atoms with Gasteiger partial charge in [0.1, 0.15) is 0 Å². The number of nitrogens with one attached hydrogen (secondary N) is 2. The summed E-state index contributed by atoms with van der Waals surface area (Å²) < 4.78 is 5.05. The number of benzene rings is 1. The number of para-hydroxylation sites is 1. The van der Waals surface area contributed by atoms with E-state index in [1.807, 2.05) is 0 Å². The van der Waals surface area contributed by atoms with Gasteiger partial charge in [0, 0.05) is 6.04 Å². The van der Waals surface area contributed by atoms with E-state index in [-0.39, 0.29) is 22.9 Å². The van der Waals surface area contributed by atoms with Crippen LogP contribution in [0.15, 0.2) is 40.8 Å². The van der Waals surface area contributed by atoms with Gasteiger partial charge in [-0.25, -0.2) is 0 Å². The Morgan fingerprint density at radius 3 is 2.52 bits per heavy atom. The molecule has 0 spiro atoms. The standard InChI is InChI=1S/C15H13ClN2O3/c16-13-8-7-12(21-13)15(20)18-11-4-2-1-3-10(11)14(19)17-9-5-6-9/h1-4,7-9H,5-6H2,(H,17,19)(H,18,20). The minimum Gasteiger partial charge on any atom is -0.440 e. The van der Waals surface area contributed by atoms with Crippen LogP contribution in [0.5, 0.6) is 0 Å². The van der Waals surface area contributed by atoms with Crippen LogP contribution < -0.4 is 10.6 Å². The zero-order valence-electron chi connectivity index (χ0n) is 11.1. The van der Waals surface area contributed by atoms with Crippen molar-refractivity contribution in [3.8, 4) is 0 Å². The predicted molar refractivity (Wildman–Crippen MR) is 78.6 cm³/mol. The third-order valence-electron chi connectivity index (χ3n) is 3.13. The van der Waals surface area contributed by atoms with E-state index in [1.165, 1.54) is 12.1 Å². The summed E-state index contributed by atoms with van der Waals surface area (Å²) in [6, 6.07) is 10.1. The van der Waals surface area contributed by atoms with Gasteiger partial charge in [-0.05, 0) is 48.7 Å². The molecule has 1 aromatic heterocycles. The molecule has 1 aliphatic carbocycles. The van der Waals surface area contributed by atoms with Crippen molar-refractivity contribution in [1.82, 2.24) is 5.32 Å². The average Bonchev–Trinajstić information content (AvgIpc) is 3.17. The summed E-state index contributed by atoms with van der Waals surface area (Å²) in [6.07, 6.45) is 2.01. The molecule has 1 fully saturated rings. The van der Waals surface area contributed by atoms with E-state index in [0.29, 0.717) is 11.3 Å². The molecule has 3 rings (SSSR count). The second-order valence-corrected chi connectivity index (χ2v) is 5.22. The minimum atomic E-state index is -0.450. The summed E-state index contributed by atoms with van der Waals surface area (Å²) in [6.45, 7) is 0. The van der Waals surface area contributed by atoms with Gasteiger partial charge in [-0.3, -0.25) is 9.59 Å². The average molecular weight is 305 g/mol. The monoisotopic (exact) mass is 304 g/mol. The van der Waals surface area contributed by atoms with Gasteiger partial charge in [0.2, 0.25) is 0 Å². The summed E-state index contributed by atoms with van der Waals surface area (Å²) in [5.41, 5.74) is 0.864. The van der Waals surface area contributed by atoms with Gasteiger partial charge in [0.25, 0.3) is 11.8 Å². The first-order valence-corrected chi connectivity index (χ1v) is 6.98. The van der Waals surface area contributed by atoms with Crippen LogP contribution in [0.3, 0.4) is 0 Å². The van der Waals surface area contributed by atoms with Crippen molar-refractivity contribution < 1.29 is 14.0 Å². The van der Waals surface area contributed by atoms with Gasteiger partial charge in [-0.1, -0.05) is 12.1 Å². The third kappa shape index (κ3) is 3.25. The Kier molecular flexibility index (Phi) is 3.66. The summed E-state index contributed by atoms with van der Waals surface area (Å²) in [5.74, 6) is -0.545. The number of hydrogen-bond donors (Lipinski definition) is 2. The number of furan rings is 1. The van der Waals surface area contributed by atoms with Crippen LogP contribution in [0.2, 0.25) is 5.22 Å². The van der Waals surface area contributed by atoms with Crippen LogP contribution in [0.25, 0.3) is 0 Å². The topological polar surface area (TPSA) is 71.3 Å². The van der Waals surface area contributed by atoms with Gasteiger partial charge >= 0.3 is 0 Å². The van der Waals surface area contributed by atoms with Gasteiger partial charge in [0.15, 0.2) is 11.0 Å². The summed E-state index contributed by atoms with van der Waals surface area (Å²) >= 11 is 5.64. The lowest BCUT2D eigenvalue weighted by Gasteiger charge is -2.10. The number of carbonyl (C=O) groups is 2. The highest BCUT2D eigenvalue weighted by Crippen LogP contribution is 2.22. The molecule has 21 heavy (non-hydrogen) atoms. The highest BCUT2D eigenvalue weighted by molar-refractivity contribution is 6.29. The Balaban J connectivity index is 1.78. The van der Waals surface area contributed by atoms with Gasteiger partial charge < -0.3 is 15.1 Å². The SMILES string of the molecule is O=C(Nc1ccccc1C(=O)NC1CC1)c1ccc(Cl)o1. The predicted octanol–water partition coefficient (Wildman–Crippen LogP) is 3.08. The number of halogens is 1. The number of hydrogen-bond acceptors (Lipinski definition) is 3. The summed E-state index contributed by atoms with van der Waals surface area (Å²) in [5, 5.41) is 5.69. The van der Waals surface area contributed by atoms with E-state index in [2.05, 4.69) is 10.6 Å². The zero-order valence-corrected chi connectivity index (χ0v) is 11.8. The lowest BCUT2D eigenvalue weighted by Crippen LogP contribution is -2.26. The zero-order chi connectivity index (χ0) is 14.8. The molecule has 2 aromatic rings. The molecule has 0 bridgehead atoms. The lowest BCUT2D eigenvalue weighted by atomic mass is 10.1. The lowest BCUT2D eigenvalue weighted by molar-refractivity contribution is 0.0952. The minimum absolute atomic E-state index is 0.0948. The molecule has 1 aromatic carbocycles. The fourth-order valence-corrected chi connectivity index (χ4v) is 2.05. The van der Waals surface area contributed by atoms with E-state index in [1.54, 1.807) is 24.3 Å². The quantitative estimate of drug-likeness (QED) is 0.912. The van der Waals surface area contributed by atoms with Crippen LogP contribution >= 0.6 is 11.6 Å². The molecule has 0 saturated heterocycles. The van der Waals surface area contributed by atoms with E-state index in [9.17, 15) is 9.59 Å². The van der Waals surface area contributed by atoms with E-state index in [0.717, 1.165) is 12.8 Å². The molecule has 108 valence electrons. The maximum Gasteiger partial charge on any atom is 0.291 e. The Bertz CT molecular complexity index is 692. The fraction of sp³-hybridized carbons (Fsp3) is 0.200. The van der Waals surface area contributed by atoms with Crippen LogP contribution in [0, 0.1) is 0 Å². The fourth-order valence-electron chi connectivity index (χ4n) is 1.90. The van der Waals surface area contributed by atoms with Crippen molar-refractivity contribution in [2.45, 2.75) is 18.9 Å². The molecule has 1 aliphatic rings. The number of carbonyl (C=O) groups excluding carboxylic acids is 2. The first-order chi connectivity index (χ1) is 10.1. The van der Waals surface area contributed by atoms with E-state index < -0.39 is 5.91 Å². The molecular formula is C15H13ClN2O3. The Morgan fingerprint density at radius 2 is 1.86 bits per heavy atom. The second kappa shape index (κ2) is 5.61. The van der Waals surface area contributed by atoms with Crippen molar-refractivity contribution in [2.24, 2.45) is 0 Å². The van der Waals surface area contributed by atoms with Crippen LogP contribution in [-0.4, -0.2) is 17.9 Å². The Morgan fingerprint density at radius 1 is 1.10 bits per heavy atom. The molecular weight excluding hydrogens is 292 g/mol. The first-order valence-electron chi connectivity index (χ1n) is 6.60. The molecule has 1 saturated carbocycles. The van der Waals surface area contributed by atoms with Crippen LogP contribution in [0.1, 0.15) is 33.8 Å². The smallest absolute Gasteiger partial charge is 0.291 e. The molecule has 2 N–H and O–H groups in total. The normalized spacial score (nSPS) is 13.8. The number of anilines is 1. The largest absolute Gasteiger partial charge is 0.440 e. The molecule has 1 heterocycles. The second-order valence-electron chi connectivity index (χ2n) is 4.85. The van der Waals surface area contributed by atoms with E-state index in [4.69, 9.17) is 16.0 Å². The highest BCUT2D eigenvalue weighted by Gasteiger charge is 2.25. The summed E-state index contributed by atoms with van der Waals surface area (Å²) in [4.78, 5) is 24.2. The van der Waals surface area contributed by atoms with Gasteiger partial charge in [-0.15, -0.1) is 0 Å².